The van der Waals surface area contributed by atoms with Crippen LogP contribution in [-0.4, -0.2) is 16.6 Å². The lowest BCUT2D eigenvalue weighted by molar-refractivity contribution is -0.116. The predicted molar refractivity (Wildman–Crippen MR) is 32.0 cm³/mol. The van der Waals surface area contributed by atoms with Crippen molar-refractivity contribution >= 4 is 11.6 Å². The van der Waals surface area contributed by atoms with Crippen molar-refractivity contribution in [1.82, 2.24) is 0 Å². The molecule has 0 spiro atoms. The number of hydrogen-bond acceptors (Lipinski definition) is 1. The third kappa shape index (κ3) is 0.381. The molecule has 0 saturated heterocycles. The highest BCUT2D eigenvalue weighted by Crippen LogP contribution is 2.70. The normalized spacial score (nSPS) is 59.2. The molecule has 2 bridgehead atoms. The van der Waals surface area contributed by atoms with Crippen molar-refractivity contribution in [3.8, 4) is 0 Å². The molecule has 3 aliphatic rings. The van der Waals surface area contributed by atoms with Gasteiger partial charge in [0, 0.05) is 11.5 Å². The molecule has 0 aromatic rings. The van der Waals surface area contributed by atoms with Gasteiger partial charge in [0.1, 0.15) is 0 Å². The third-order valence-electron chi connectivity index (χ3n) is 2.41. The first kappa shape index (κ1) is 5.07. The van der Waals surface area contributed by atoms with Gasteiger partial charge >= 0.3 is 0 Å². The Bertz CT molecular complexity index is 113. The van der Waals surface area contributed by atoms with Crippen molar-refractivity contribution in [3.05, 3.63) is 0 Å². The first-order valence-electron chi connectivity index (χ1n) is 2.98. The fourth-order valence-electron chi connectivity index (χ4n) is 2.03. The Morgan fingerprint density at radius 1 is 1.38 bits per heavy atom. The zero-order valence-corrected chi connectivity index (χ0v) is 5.41. The molecular weight excluding hydrogens is 124 g/mol. The fourth-order valence-corrected chi connectivity index (χ4v) is 2.88. The molecule has 3 fully saturated rings. The smallest absolute Gasteiger partial charge is 0.0489 e. The maximum atomic E-state index is 8.74. The van der Waals surface area contributed by atoms with Crippen LogP contribution in [0.4, 0.5) is 0 Å². The Labute approximate surface area is 53.6 Å². The molecule has 0 amide bonds. The van der Waals surface area contributed by atoms with E-state index in [1.54, 1.807) is 0 Å². The number of aliphatic hydroxyl groups is 1. The standard InChI is InChI=1S/C6H9ClO/c7-6-1-5(2-6,3-6)4-8/h8H,1-4H2. The van der Waals surface area contributed by atoms with Gasteiger partial charge in [0.15, 0.2) is 0 Å². The van der Waals surface area contributed by atoms with Crippen LogP contribution in [-0.2, 0) is 0 Å². The van der Waals surface area contributed by atoms with Crippen LogP contribution in [0.2, 0.25) is 0 Å². The van der Waals surface area contributed by atoms with Crippen LogP contribution in [0, 0.1) is 5.41 Å². The third-order valence-corrected chi connectivity index (χ3v) is 2.81. The highest BCUT2D eigenvalue weighted by atomic mass is 35.5. The van der Waals surface area contributed by atoms with E-state index in [9.17, 15) is 0 Å². The van der Waals surface area contributed by atoms with Crippen molar-refractivity contribution < 1.29 is 5.11 Å². The minimum atomic E-state index is 0.142. The minimum Gasteiger partial charge on any atom is -0.396 e. The number of halogens is 1. The molecule has 0 unspecified atom stereocenters. The van der Waals surface area contributed by atoms with Crippen molar-refractivity contribution in [3.63, 3.8) is 0 Å². The van der Waals surface area contributed by atoms with Gasteiger partial charge in [-0.05, 0) is 24.7 Å². The van der Waals surface area contributed by atoms with E-state index in [-0.39, 0.29) is 4.87 Å². The number of rotatable bonds is 1. The maximum Gasteiger partial charge on any atom is 0.0489 e. The molecule has 0 aliphatic heterocycles. The van der Waals surface area contributed by atoms with Gasteiger partial charge in [-0.1, -0.05) is 0 Å². The van der Waals surface area contributed by atoms with E-state index in [0.29, 0.717) is 12.0 Å². The molecule has 3 saturated carbocycles. The lowest BCUT2D eigenvalue weighted by Gasteiger charge is -2.66. The quantitative estimate of drug-likeness (QED) is 0.531. The summed E-state index contributed by atoms with van der Waals surface area (Å²) in [5.74, 6) is 0. The van der Waals surface area contributed by atoms with Crippen LogP contribution in [0.15, 0.2) is 0 Å². The average molecular weight is 133 g/mol. The van der Waals surface area contributed by atoms with Gasteiger partial charge in [-0.2, -0.15) is 0 Å². The molecule has 3 aliphatic carbocycles. The maximum absolute atomic E-state index is 8.74. The first-order valence-corrected chi connectivity index (χ1v) is 3.36. The molecule has 0 atom stereocenters. The molecule has 0 heterocycles. The topological polar surface area (TPSA) is 20.2 Å². The van der Waals surface area contributed by atoms with E-state index in [1.807, 2.05) is 0 Å². The van der Waals surface area contributed by atoms with Crippen molar-refractivity contribution in [1.29, 1.82) is 0 Å². The molecule has 3 rings (SSSR count). The van der Waals surface area contributed by atoms with Gasteiger partial charge in [0.05, 0.1) is 0 Å². The Balaban J connectivity index is 2.04. The second-order valence-corrected chi connectivity index (χ2v) is 4.14. The Kier molecular flexibility index (Phi) is 0.679. The van der Waals surface area contributed by atoms with Gasteiger partial charge in [-0.15, -0.1) is 11.6 Å². The molecule has 0 radical (unpaired) electrons. The van der Waals surface area contributed by atoms with Gasteiger partial charge in [0.2, 0.25) is 0 Å². The van der Waals surface area contributed by atoms with Crippen LogP contribution in [0.1, 0.15) is 19.3 Å². The van der Waals surface area contributed by atoms with Gasteiger partial charge < -0.3 is 5.11 Å². The van der Waals surface area contributed by atoms with Crippen LogP contribution < -0.4 is 0 Å². The zero-order chi connectivity index (χ0) is 5.83. The fraction of sp³-hybridized carbons (Fsp3) is 1.00. The summed E-state index contributed by atoms with van der Waals surface area (Å²) in [5, 5.41) is 8.74. The van der Waals surface area contributed by atoms with E-state index in [4.69, 9.17) is 16.7 Å². The van der Waals surface area contributed by atoms with Crippen LogP contribution in [0.5, 0.6) is 0 Å². The average Bonchev–Trinajstić information content (AvgIpc) is 1.55. The Hall–Kier alpha value is 0.250. The molecule has 0 aromatic carbocycles. The Morgan fingerprint density at radius 2 is 1.88 bits per heavy atom. The van der Waals surface area contributed by atoms with Crippen molar-refractivity contribution in [2.75, 3.05) is 6.61 Å². The second-order valence-electron chi connectivity index (χ2n) is 3.34. The highest BCUT2D eigenvalue weighted by molar-refractivity contribution is 6.26. The van der Waals surface area contributed by atoms with Crippen LogP contribution in [0.3, 0.4) is 0 Å². The van der Waals surface area contributed by atoms with Crippen molar-refractivity contribution in [2.24, 2.45) is 5.41 Å². The predicted octanol–water partition coefficient (Wildman–Crippen LogP) is 1.14. The summed E-state index contributed by atoms with van der Waals surface area (Å²) in [4.78, 5) is 0.142. The zero-order valence-electron chi connectivity index (χ0n) is 4.65. The van der Waals surface area contributed by atoms with Gasteiger partial charge in [0.25, 0.3) is 0 Å². The van der Waals surface area contributed by atoms with Crippen LogP contribution in [0.25, 0.3) is 0 Å². The van der Waals surface area contributed by atoms with Gasteiger partial charge in [-0.3, -0.25) is 0 Å². The number of alkyl halides is 1. The van der Waals surface area contributed by atoms with E-state index >= 15 is 0 Å². The van der Waals surface area contributed by atoms with Crippen LogP contribution >= 0.6 is 11.6 Å². The highest BCUT2D eigenvalue weighted by Gasteiger charge is 2.66. The minimum absolute atomic E-state index is 0.142. The Morgan fingerprint density at radius 3 is 2.00 bits per heavy atom. The lowest BCUT2D eigenvalue weighted by atomic mass is 9.44. The molecule has 1 N–H and O–H groups in total. The SMILES string of the molecule is OCC12CC(Cl)(C1)C2. The van der Waals surface area contributed by atoms with E-state index < -0.39 is 0 Å². The summed E-state index contributed by atoms with van der Waals surface area (Å²) >= 11 is 5.93. The summed E-state index contributed by atoms with van der Waals surface area (Å²) in [5.41, 5.74) is 0.293. The van der Waals surface area contributed by atoms with E-state index in [1.165, 1.54) is 0 Å². The molecule has 0 aromatic heterocycles. The van der Waals surface area contributed by atoms with Crippen molar-refractivity contribution in [2.45, 2.75) is 24.1 Å². The van der Waals surface area contributed by atoms with E-state index in [0.717, 1.165) is 19.3 Å². The lowest BCUT2D eigenvalue weighted by Crippen LogP contribution is -2.65. The second kappa shape index (κ2) is 1.07. The van der Waals surface area contributed by atoms with Gasteiger partial charge in [-0.25, -0.2) is 0 Å². The summed E-state index contributed by atoms with van der Waals surface area (Å²) < 4.78 is 0. The largest absolute Gasteiger partial charge is 0.396 e. The summed E-state index contributed by atoms with van der Waals surface area (Å²) in [6.45, 7) is 0.349. The first-order chi connectivity index (χ1) is 3.68. The summed E-state index contributed by atoms with van der Waals surface area (Å²) in [6.07, 6.45) is 3.16. The summed E-state index contributed by atoms with van der Waals surface area (Å²) in [6, 6.07) is 0. The molecule has 46 valence electrons. The molecule has 1 nitrogen and oxygen atoms in total. The number of aliphatic hydroxyl groups excluding tert-OH is 1. The summed E-state index contributed by atoms with van der Waals surface area (Å²) in [7, 11) is 0. The molecule has 2 heteroatoms. The molecular formula is C6H9ClO. The number of hydrogen-bond donors (Lipinski definition) is 1. The monoisotopic (exact) mass is 132 g/mol. The molecule has 8 heavy (non-hydrogen) atoms. The van der Waals surface area contributed by atoms with E-state index in [2.05, 4.69) is 0 Å².